The minimum atomic E-state index is -0.274. The Labute approximate surface area is 170 Å². The number of hydrogen-bond donors (Lipinski definition) is 1. The van der Waals surface area contributed by atoms with Gasteiger partial charge in [-0.3, -0.25) is 14.2 Å². The van der Waals surface area contributed by atoms with E-state index in [0.717, 1.165) is 38.5 Å². The third-order valence-electron chi connectivity index (χ3n) is 5.48. The van der Waals surface area contributed by atoms with Crippen LogP contribution in [0.25, 0.3) is 10.9 Å². The molecular formula is C21H29ClN4O2. The van der Waals surface area contributed by atoms with Gasteiger partial charge in [-0.15, -0.1) is 0 Å². The molecule has 0 spiro atoms. The van der Waals surface area contributed by atoms with Gasteiger partial charge in [0.05, 0.1) is 16.9 Å². The van der Waals surface area contributed by atoms with Gasteiger partial charge in [0.1, 0.15) is 5.82 Å². The molecule has 0 saturated heterocycles. The molecule has 6 nitrogen and oxygen atoms in total. The minimum absolute atomic E-state index is 0.120. The average Bonchev–Trinajstić information content (AvgIpc) is 3.51. The van der Waals surface area contributed by atoms with Crippen molar-refractivity contribution in [2.75, 3.05) is 13.1 Å². The zero-order valence-electron chi connectivity index (χ0n) is 16.7. The molecule has 152 valence electrons. The molecule has 1 heterocycles. The molecule has 0 radical (unpaired) electrons. The molecule has 3 rings (SSSR count). The number of fused-ring (bicyclic) bond motifs is 1. The summed E-state index contributed by atoms with van der Waals surface area (Å²) >= 11 is 6.09. The maximum absolute atomic E-state index is 12.9. The Morgan fingerprint density at radius 2 is 2.04 bits per heavy atom. The summed E-state index contributed by atoms with van der Waals surface area (Å²) in [4.78, 5) is 32.3. The van der Waals surface area contributed by atoms with Crippen LogP contribution in [0.1, 0.15) is 57.3 Å². The summed E-state index contributed by atoms with van der Waals surface area (Å²) in [5.41, 5.74) is 6.01. The summed E-state index contributed by atoms with van der Waals surface area (Å²) in [6.45, 7) is 3.33. The molecule has 1 aliphatic carbocycles. The zero-order chi connectivity index (χ0) is 20.3. The normalized spacial score (nSPS) is 15.0. The Hall–Kier alpha value is -1.92. The highest BCUT2D eigenvalue weighted by Gasteiger charge is 2.36. The number of benzene rings is 1. The molecule has 7 heteroatoms. The van der Waals surface area contributed by atoms with Gasteiger partial charge in [-0.05, 0) is 57.4 Å². The quantitative estimate of drug-likeness (QED) is 0.649. The Morgan fingerprint density at radius 3 is 2.71 bits per heavy atom. The van der Waals surface area contributed by atoms with E-state index in [2.05, 4.69) is 0 Å². The lowest BCUT2D eigenvalue weighted by molar-refractivity contribution is -0.135. The number of aromatic nitrogens is 2. The lowest BCUT2D eigenvalue weighted by Gasteiger charge is -2.30. The molecule has 1 fully saturated rings. The van der Waals surface area contributed by atoms with Crippen molar-refractivity contribution in [3.63, 3.8) is 0 Å². The third-order valence-corrected chi connectivity index (χ3v) is 5.71. The maximum atomic E-state index is 12.9. The van der Waals surface area contributed by atoms with Crippen molar-refractivity contribution >= 4 is 28.4 Å². The highest BCUT2D eigenvalue weighted by Crippen LogP contribution is 2.34. The van der Waals surface area contributed by atoms with Crippen molar-refractivity contribution in [1.82, 2.24) is 14.5 Å². The summed E-state index contributed by atoms with van der Waals surface area (Å²) in [6, 6.07) is 4.82. The van der Waals surface area contributed by atoms with Crippen LogP contribution in [0.3, 0.4) is 0 Å². The monoisotopic (exact) mass is 404 g/mol. The average molecular weight is 405 g/mol. The lowest BCUT2D eigenvalue weighted by atomic mass is 10.1. The summed E-state index contributed by atoms with van der Waals surface area (Å²) in [7, 11) is 1.72. The molecule has 0 aliphatic heterocycles. The molecule has 1 aliphatic rings. The minimum Gasteiger partial charge on any atom is -0.333 e. The summed E-state index contributed by atoms with van der Waals surface area (Å²) in [6.07, 6.45) is 5.95. The number of hydrogen-bond acceptors (Lipinski definition) is 4. The number of halogens is 1. The van der Waals surface area contributed by atoms with Gasteiger partial charge in [-0.2, -0.15) is 0 Å². The number of carbonyl (C=O) groups excluding carboxylic acids is 1. The second kappa shape index (κ2) is 9.05. The standard InChI is InChI=1S/C21H29ClN4O2/c1-14(26(20(27)15-7-8-15)12-6-4-3-5-11-23)19-24-18-13-16(22)9-10-17(18)21(28)25(19)2/h9-10,13-15H,3-8,11-12,23H2,1-2H3. The van der Waals surface area contributed by atoms with E-state index in [1.807, 2.05) is 11.8 Å². The van der Waals surface area contributed by atoms with E-state index in [-0.39, 0.29) is 23.4 Å². The number of carbonyl (C=O) groups is 1. The first-order chi connectivity index (χ1) is 13.4. The highest BCUT2D eigenvalue weighted by molar-refractivity contribution is 6.31. The molecule has 1 atom stereocenters. The van der Waals surface area contributed by atoms with Crippen molar-refractivity contribution in [3.05, 3.63) is 39.4 Å². The Morgan fingerprint density at radius 1 is 1.32 bits per heavy atom. The SMILES string of the molecule is CC(c1nc2cc(Cl)ccc2c(=O)n1C)N(CCCCCCN)C(=O)C1CC1. The van der Waals surface area contributed by atoms with Gasteiger partial charge in [-0.25, -0.2) is 4.98 Å². The van der Waals surface area contributed by atoms with Crippen LogP contribution in [0, 0.1) is 5.92 Å². The van der Waals surface area contributed by atoms with Crippen molar-refractivity contribution in [3.8, 4) is 0 Å². The first kappa shape index (κ1) is 20.8. The topological polar surface area (TPSA) is 81.2 Å². The predicted molar refractivity (Wildman–Crippen MR) is 112 cm³/mol. The number of nitrogens with two attached hydrogens (primary N) is 1. The Balaban J connectivity index is 1.88. The summed E-state index contributed by atoms with van der Waals surface area (Å²) < 4.78 is 1.56. The van der Waals surface area contributed by atoms with E-state index in [4.69, 9.17) is 22.3 Å². The number of rotatable bonds is 9. The van der Waals surface area contributed by atoms with Crippen LogP contribution in [0.2, 0.25) is 5.02 Å². The van der Waals surface area contributed by atoms with Gasteiger partial charge in [0.2, 0.25) is 5.91 Å². The largest absolute Gasteiger partial charge is 0.333 e. The molecule has 2 N–H and O–H groups in total. The summed E-state index contributed by atoms with van der Waals surface area (Å²) in [5, 5.41) is 1.07. The first-order valence-electron chi connectivity index (χ1n) is 10.1. The van der Waals surface area contributed by atoms with Crippen molar-refractivity contribution in [1.29, 1.82) is 0 Å². The highest BCUT2D eigenvalue weighted by atomic mass is 35.5. The van der Waals surface area contributed by atoms with E-state index >= 15 is 0 Å². The summed E-state index contributed by atoms with van der Waals surface area (Å²) in [5.74, 6) is 0.890. The van der Waals surface area contributed by atoms with Gasteiger partial charge < -0.3 is 10.6 Å². The predicted octanol–water partition coefficient (Wildman–Crippen LogP) is 3.41. The van der Waals surface area contributed by atoms with Gasteiger partial charge in [0.15, 0.2) is 0 Å². The molecule has 1 unspecified atom stereocenters. The van der Waals surface area contributed by atoms with E-state index < -0.39 is 0 Å². The van der Waals surface area contributed by atoms with Gasteiger partial charge in [0, 0.05) is 24.5 Å². The van der Waals surface area contributed by atoms with E-state index in [1.54, 1.807) is 29.8 Å². The molecule has 0 bridgehead atoms. The fourth-order valence-corrected chi connectivity index (χ4v) is 3.78. The van der Waals surface area contributed by atoms with Crippen LogP contribution < -0.4 is 11.3 Å². The molecule has 1 aromatic heterocycles. The van der Waals surface area contributed by atoms with E-state index in [1.165, 1.54) is 0 Å². The second-order valence-corrected chi connectivity index (χ2v) is 8.12. The lowest BCUT2D eigenvalue weighted by Crippen LogP contribution is -2.38. The van der Waals surface area contributed by atoms with Crippen LogP contribution in [0.4, 0.5) is 0 Å². The van der Waals surface area contributed by atoms with Crippen LogP contribution in [0.15, 0.2) is 23.0 Å². The van der Waals surface area contributed by atoms with Crippen molar-refractivity contribution < 1.29 is 4.79 Å². The maximum Gasteiger partial charge on any atom is 0.261 e. The molecule has 1 aromatic carbocycles. The van der Waals surface area contributed by atoms with E-state index in [0.29, 0.717) is 34.8 Å². The van der Waals surface area contributed by atoms with Crippen LogP contribution in [0.5, 0.6) is 0 Å². The van der Waals surface area contributed by atoms with Gasteiger partial charge in [-0.1, -0.05) is 24.4 Å². The van der Waals surface area contributed by atoms with E-state index in [9.17, 15) is 9.59 Å². The third kappa shape index (κ3) is 4.55. The van der Waals surface area contributed by atoms with Crippen molar-refractivity contribution in [2.24, 2.45) is 18.7 Å². The molecule has 1 amide bonds. The fraction of sp³-hybridized carbons (Fsp3) is 0.571. The van der Waals surface area contributed by atoms with Crippen LogP contribution in [-0.2, 0) is 11.8 Å². The molecule has 2 aromatic rings. The second-order valence-electron chi connectivity index (χ2n) is 7.68. The fourth-order valence-electron chi connectivity index (χ4n) is 3.61. The molecular weight excluding hydrogens is 376 g/mol. The Kier molecular flexibility index (Phi) is 6.73. The Bertz CT molecular complexity index is 907. The molecule has 1 saturated carbocycles. The molecule has 28 heavy (non-hydrogen) atoms. The van der Waals surface area contributed by atoms with Crippen molar-refractivity contribution in [2.45, 2.75) is 51.5 Å². The van der Waals surface area contributed by atoms with Crippen LogP contribution >= 0.6 is 11.6 Å². The van der Waals surface area contributed by atoms with Crippen LogP contribution in [-0.4, -0.2) is 33.4 Å². The number of amides is 1. The zero-order valence-corrected chi connectivity index (χ0v) is 17.4. The van der Waals surface area contributed by atoms with Gasteiger partial charge >= 0.3 is 0 Å². The number of unbranched alkanes of at least 4 members (excludes halogenated alkanes) is 3. The number of nitrogens with zero attached hydrogens (tertiary/aromatic N) is 3. The first-order valence-corrected chi connectivity index (χ1v) is 10.5. The smallest absolute Gasteiger partial charge is 0.261 e. The van der Waals surface area contributed by atoms with Gasteiger partial charge in [0.25, 0.3) is 5.56 Å².